The number of aryl methyl sites for hydroxylation is 1. The minimum atomic E-state index is 0.776. The third-order valence-corrected chi connectivity index (χ3v) is 4.26. The van der Waals surface area contributed by atoms with Crippen molar-refractivity contribution in [1.29, 1.82) is 0 Å². The lowest BCUT2D eigenvalue weighted by molar-refractivity contribution is 0.396. The van der Waals surface area contributed by atoms with Crippen LogP contribution in [-0.2, 0) is 6.42 Å². The van der Waals surface area contributed by atoms with Crippen molar-refractivity contribution in [3.05, 3.63) is 35.4 Å². The molecule has 17 heavy (non-hydrogen) atoms. The molecule has 0 saturated carbocycles. The Morgan fingerprint density at radius 3 is 2.65 bits per heavy atom. The second kappa shape index (κ2) is 7.92. The monoisotopic (exact) mass is 296 g/mol. The van der Waals surface area contributed by atoms with Gasteiger partial charge >= 0.3 is 0 Å². The molecule has 0 amide bonds. The first-order valence-corrected chi connectivity index (χ1v) is 7.89. The van der Waals surface area contributed by atoms with E-state index in [0.717, 1.165) is 17.2 Å². The van der Waals surface area contributed by atoms with Gasteiger partial charge in [0.2, 0.25) is 0 Å². The summed E-state index contributed by atoms with van der Waals surface area (Å²) in [6, 6.07) is 8.92. The van der Waals surface area contributed by atoms with E-state index in [1.165, 1.54) is 36.8 Å². The van der Waals surface area contributed by atoms with Crippen molar-refractivity contribution in [2.24, 2.45) is 11.8 Å². The fourth-order valence-electron chi connectivity index (χ4n) is 2.55. The molecule has 0 aromatic heterocycles. The molecule has 0 saturated heterocycles. The maximum Gasteiger partial charge on any atom is 0.00629 e. The molecule has 1 aromatic rings. The van der Waals surface area contributed by atoms with Crippen molar-refractivity contribution in [1.82, 2.24) is 0 Å². The van der Waals surface area contributed by atoms with Crippen LogP contribution in [0.2, 0.25) is 0 Å². The lowest BCUT2D eigenvalue weighted by atomic mass is 9.89. The van der Waals surface area contributed by atoms with Crippen molar-refractivity contribution in [3.63, 3.8) is 0 Å². The zero-order chi connectivity index (χ0) is 12.7. The first-order chi connectivity index (χ1) is 8.15. The second-order valence-corrected chi connectivity index (χ2v) is 5.99. The lowest BCUT2D eigenvalue weighted by Gasteiger charge is -2.19. The molecule has 0 nitrogen and oxygen atoms in total. The molecule has 0 radical (unpaired) electrons. The van der Waals surface area contributed by atoms with Crippen LogP contribution in [0.3, 0.4) is 0 Å². The number of hydrogen-bond acceptors (Lipinski definition) is 0. The van der Waals surface area contributed by atoms with E-state index >= 15 is 0 Å². The summed E-state index contributed by atoms with van der Waals surface area (Å²) >= 11 is 3.67. The molecule has 0 N–H and O–H groups in total. The van der Waals surface area contributed by atoms with Crippen molar-refractivity contribution in [2.45, 2.75) is 46.5 Å². The largest absolute Gasteiger partial charge is 0.0925 e. The molecule has 0 spiro atoms. The van der Waals surface area contributed by atoms with Crippen LogP contribution in [0.15, 0.2) is 24.3 Å². The molecule has 1 rings (SSSR count). The van der Waals surface area contributed by atoms with Crippen LogP contribution in [0, 0.1) is 18.8 Å². The summed E-state index contributed by atoms with van der Waals surface area (Å²) in [5.41, 5.74) is 2.86. The van der Waals surface area contributed by atoms with Gasteiger partial charge in [-0.3, -0.25) is 0 Å². The van der Waals surface area contributed by atoms with E-state index in [1.807, 2.05) is 0 Å². The minimum absolute atomic E-state index is 0.776. The van der Waals surface area contributed by atoms with Gasteiger partial charge in [0, 0.05) is 5.33 Å². The quantitative estimate of drug-likeness (QED) is 0.593. The van der Waals surface area contributed by atoms with Crippen LogP contribution in [0.1, 0.15) is 44.2 Å². The maximum absolute atomic E-state index is 3.67. The van der Waals surface area contributed by atoms with Crippen molar-refractivity contribution in [3.8, 4) is 0 Å². The molecule has 96 valence electrons. The van der Waals surface area contributed by atoms with Gasteiger partial charge in [0.1, 0.15) is 0 Å². The third-order valence-electron chi connectivity index (χ3n) is 3.34. The van der Waals surface area contributed by atoms with E-state index < -0.39 is 0 Å². The lowest BCUT2D eigenvalue weighted by Crippen LogP contribution is -2.11. The van der Waals surface area contributed by atoms with E-state index in [0.29, 0.717) is 0 Å². The highest BCUT2D eigenvalue weighted by Gasteiger charge is 2.12. The Labute approximate surface area is 115 Å². The van der Waals surface area contributed by atoms with Crippen LogP contribution < -0.4 is 0 Å². The number of alkyl halides is 1. The van der Waals surface area contributed by atoms with Crippen LogP contribution >= 0.6 is 15.9 Å². The number of hydrogen-bond donors (Lipinski definition) is 0. The Hall–Kier alpha value is -0.300. The summed E-state index contributed by atoms with van der Waals surface area (Å²) in [6.07, 6.45) is 5.21. The molecule has 1 heteroatoms. The maximum atomic E-state index is 3.67. The predicted octanol–water partition coefficient (Wildman–Crippen LogP) is 5.37. The Bertz CT molecular complexity index is 319. The Morgan fingerprint density at radius 2 is 2.06 bits per heavy atom. The van der Waals surface area contributed by atoms with Crippen molar-refractivity contribution in [2.75, 3.05) is 5.33 Å². The molecule has 2 unspecified atom stereocenters. The van der Waals surface area contributed by atoms with Gasteiger partial charge in [0.15, 0.2) is 0 Å². The SMILES string of the molecule is CCCC(C)CC(CBr)Cc1cccc(C)c1. The van der Waals surface area contributed by atoms with Gasteiger partial charge in [-0.15, -0.1) is 0 Å². The van der Waals surface area contributed by atoms with Gasteiger partial charge in [-0.25, -0.2) is 0 Å². The van der Waals surface area contributed by atoms with Gasteiger partial charge in [-0.1, -0.05) is 72.4 Å². The summed E-state index contributed by atoms with van der Waals surface area (Å²) < 4.78 is 0. The fraction of sp³-hybridized carbons (Fsp3) is 0.625. The summed E-state index contributed by atoms with van der Waals surface area (Å²) in [4.78, 5) is 0. The normalized spacial score (nSPS) is 14.6. The summed E-state index contributed by atoms with van der Waals surface area (Å²) in [6.45, 7) is 6.84. The average Bonchev–Trinajstić information content (AvgIpc) is 2.28. The van der Waals surface area contributed by atoms with Gasteiger partial charge in [0.25, 0.3) is 0 Å². The van der Waals surface area contributed by atoms with Gasteiger partial charge in [-0.05, 0) is 37.2 Å². The highest BCUT2D eigenvalue weighted by molar-refractivity contribution is 9.09. The van der Waals surface area contributed by atoms with E-state index in [9.17, 15) is 0 Å². The Morgan fingerprint density at radius 1 is 1.29 bits per heavy atom. The molecule has 0 fully saturated rings. The predicted molar refractivity (Wildman–Crippen MR) is 80.9 cm³/mol. The smallest absolute Gasteiger partial charge is 0.00629 e. The standard InChI is InChI=1S/C16H25Br/c1-4-6-13(2)10-16(12-17)11-15-8-5-7-14(3)9-15/h5,7-9,13,16H,4,6,10-12H2,1-3H3. The Kier molecular flexibility index (Phi) is 6.87. The molecule has 0 heterocycles. The zero-order valence-corrected chi connectivity index (χ0v) is 13.0. The molecular weight excluding hydrogens is 272 g/mol. The van der Waals surface area contributed by atoms with Gasteiger partial charge in [0.05, 0.1) is 0 Å². The Balaban J connectivity index is 2.51. The second-order valence-electron chi connectivity index (χ2n) is 5.34. The number of halogens is 1. The molecule has 2 atom stereocenters. The van der Waals surface area contributed by atoms with E-state index in [4.69, 9.17) is 0 Å². The van der Waals surface area contributed by atoms with Crippen LogP contribution in [-0.4, -0.2) is 5.33 Å². The molecule has 1 aromatic carbocycles. The first-order valence-electron chi connectivity index (χ1n) is 6.77. The third kappa shape index (κ3) is 5.72. The minimum Gasteiger partial charge on any atom is -0.0925 e. The highest BCUT2D eigenvalue weighted by Crippen LogP contribution is 2.22. The number of benzene rings is 1. The molecule has 0 aliphatic carbocycles. The van der Waals surface area contributed by atoms with E-state index in [1.54, 1.807) is 0 Å². The first kappa shape index (κ1) is 14.8. The fourth-order valence-corrected chi connectivity index (χ4v) is 3.05. The van der Waals surface area contributed by atoms with Gasteiger partial charge in [-0.2, -0.15) is 0 Å². The van der Waals surface area contributed by atoms with Gasteiger partial charge < -0.3 is 0 Å². The van der Waals surface area contributed by atoms with E-state index in [2.05, 4.69) is 61.0 Å². The topological polar surface area (TPSA) is 0 Å². The van der Waals surface area contributed by atoms with Crippen LogP contribution in [0.25, 0.3) is 0 Å². The summed E-state index contributed by atoms with van der Waals surface area (Å²) in [5.74, 6) is 1.63. The van der Waals surface area contributed by atoms with Crippen molar-refractivity contribution < 1.29 is 0 Å². The van der Waals surface area contributed by atoms with Crippen molar-refractivity contribution >= 4 is 15.9 Å². The summed E-state index contributed by atoms with van der Waals surface area (Å²) in [7, 11) is 0. The molecular formula is C16H25Br. The average molecular weight is 297 g/mol. The van der Waals surface area contributed by atoms with Crippen LogP contribution in [0.5, 0.6) is 0 Å². The highest BCUT2D eigenvalue weighted by atomic mass is 79.9. The summed E-state index contributed by atoms with van der Waals surface area (Å²) in [5, 5.41) is 1.12. The zero-order valence-electron chi connectivity index (χ0n) is 11.4. The van der Waals surface area contributed by atoms with E-state index in [-0.39, 0.29) is 0 Å². The van der Waals surface area contributed by atoms with Crippen LogP contribution in [0.4, 0.5) is 0 Å². The molecule has 0 bridgehead atoms. The molecule has 0 aliphatic heterocycles. The number of rotatable bonds is 7. The molecule has 0 aliphatic rings.